The molecule has 160 valence electrons. The maximum Gasteiger partial charge on any atom is 0.339 e. The van der Waals surface area contributed by atoms with Crippen LogP contribution in [0.3, 0.4) is 0 Å². The molecule has 0 radical (unpaired) electrons. The summed E-state index contributed by atoms with van der Waals surface area (Å²) in [6.45, 7) is 6.10. The molecule has 0 bridgehead atoms. The van der Waals surface area contributed by atoms with Crippen molar-refractivity contribution in [1.82, 2.24) is 9.88 Å². The smallest absolute Gasteiger partial charge is 0.339 e. The fourth-order valence-electron chi connectivity index (χ4n) is 3.80. The Kier molecular flexibility index (Phi) is 6.20. The van der Waals surface area contributed by atoms with E-state index in [0.717, 1.165) is 41.7 Å². The Balaban J connectivity index is 1.61. The van der Waals surface area contributed by atoms with Crippen LogP contribution in [0.4, 0.5) is 5.69 Å². The molecule has 0 spiro atoms. The number of likely N-dealkylation sites (N-methyl/N-ethyl adjacent to an activating group) is 1. The molecular weight excluding hydrogens is 414 g/mol. The van der Waals surface area contributed by atoms with Crippen molar-refractivity contribution in [2.24, 2.45) is 0 Å². The molecule has 0 fully saturated rings. The molecule has 1 aliphatic heterocycles. The molecule has 1 aliphatic rings. The number of hydrogen-bond donors (Lipinski definition) is 1. The number of anilines is 1. The van der Waals surface area contributed by atoms with E-state index in [1.54, 1.807) is 31.2 Å². The number of rotatable bonds is 5. The van der Waals surface area contributed by atoms with Gasteiger partial charge in [0, 0.05) is 46.9 Å². The first-order valence-electron chi connectivity index (χ1n) is 10.4. The van der Waals surface area contributed by atoms with Gasteiger partial charge in [-0.3, -0.25) is 14.7 Å². The van der Waals surface area contributed by atoms with Crippen molar-refractivity contribution in [2.75, 3.05) is 18.4 Å². The number of ether oxygens (including phenoxy) is 1. The number of benzene rings is 2. The predicted octanol–water partition coefficient (Wildman–Crippen LogP) is 4.45. The van der Waals surface area contributed by atoms with Crippen molar-refractivity contribution in [3.63, 3.8) is 0 Å². The van der Waals surface area contributed by atoms with Gasteiger partial charge in [0.15, 0.2) is 6.10 Å². The van der Waals surface area contributed by atoms with Crippen LogP contribution in [0.15, 0.2) is 48.5 Å². The summed E-state index contributed by atoms with van der Waals surface area (Å²) in [7, 11) is 0. The Bertz CT molecular complexity index is 1130. The average Bonchev–Trinajstić information content (AvgIpc) is 2.78. The first kappa shape index (κ1) is 21.3. The van der Waals surface area contributed by atoms with Crippen molar-refractivity contribution in [3.05, 3.63) is 70.4 Å². The van der Waals surface area contributed by atoms with Crippen LogP contribution < -0.4 is 5.32 Å². The number of nitrogens with zero attached hydrogens (tertiary/aromatic N) is 2. The Morgan fingerprint density at radius 2 is 1.94 bits per heavy atom. The number of carbonyl (C=O) groups excluding carboxylic acids is 2. The van der Waals surface area contributed by atoms with Crippen LogP contribution in [0.25, 0.3) is 10.9 Å². The topological polar surface area (TPSA) is 71.5 Å². The number of carbonyl (C=O) groups is 2. The van der Waals surface area contributed by atoms with Gasteiger partial charge in [-0.1, -0.05) is 36.7 Å². The summed E-state index contributed by atoms with van der Waals surface area (Å²) >= 11 is 5.88. The fourth-order valence-corrected chi connectivity index (χ4v) is 3.93. The lowest BCUT2D eigenvalue weighted by Crippen LogP contribution is -2.34. The molecular formula is C24H24ClN3O3. The second kappa shape index (κ2) is 9.04. The van der Waals surface area contributed by atoms with E-state index in [-0.39, 0.29) is 0 Å². The third-order valence-electron chi connectivity index (χ3n) is 5.54. The SMILES string of the molecule is CCN1CCc2nc3ccccc3c(C(=O)OC(C)C(=O)Nc3ccc(Cl)cc3)c2C1. The van der Waals surface area contributed by atoms with Crippen LogP contribution in [-0.4, -0.2) is 41.0 Å². The number of pyridine rings is 1. The van der Waals surface area contributed by atoms with E-state index in [2.05, 4.69) is 17.1 Å². The van der Waals surface area contributed by atoms with Gasteiger partial charge in [-0.25, -0.2) is 4.79 Å². The summed E-state index contributed by atoms with van der Waals surface area (Å²) in [6.07, 6.45) is -0.183. The van der Waals surface area contributed by atoms with Gasteiger partial charge < -0.3 is 10.1 Å². The van der Waals surface area contributed by atoms with Gasteiger partial charge >= 0.3 is 5.97 Å². The first-order chi connectivity index (χ1) is 15.0. The van der Waals surface area contributed by atoms with E-state index in [0.29, 0.717) is 22.8 Å². The molecule has 3 aromatic rings. The molecule has 0 saturated heterocycles. The number of fused-ring (bicyclic) bond motifs is 2. The number of halogens is 1. The van der Waals surface area contributed by atoms with Crippen molar-refractivity contribution in [3.8, 4) is 0 Å². The molecule has 7 heteroatoms. The second-order valence-corrected chi connectivity index (χ2v) is 8.03. The molecule has 4 rings (SSSR count). The molecule has 1 aromatic heterocycles. The van der Waals surface area contributed by atoms with Crippen molar-refractivity contribution in [1.29, 1.82) is 0 Å². The number of nitrogens with one attached hydrogen (secondary N) is 1. The first-order valence-corrected chi connectivity index (χ1v) is 10.7. The third kappa shape index (κ3) is 4.55. The number of para-hydroxylation sites is 1. The summed E-state index contributed by atoms with van der Waals surface area (Å²) in [5, 5.41) is 4.07. The van der Waals surface area contributed by atoms with Gasteiger partial charge in [0.2, 0.25) is 0 Å². The quantitative estimate of drug-likeness (QED) is 0.597. The summed E-state index contributed by atoms with van der Waals surface area (Å²) < 4.78 is 5.61. The van der Waals surface area contributed by atoms with E-state index in [4.69, 9.17) is 21.3 Å². The van der Waals surface area contributed by atoms with Gasteiger partial charge in [0.1, 0.15) is 0 Å². The molecule has 31 heavy (non-hydrogen) atoms. The van der Waals surface area contributed by atoms with Crippen LogP contribution in [0.1, 0.15) is 35.5 Å². The molecule has 0 aliphatic carbocycles. The van der Waals surface area contributed by atoms with Gasteiger partial charge in [-0.15, -0.1) is 0 Å². The maximum absolute atomic E-state index is 13.3. The lowest BCUT2D eigenvalue weighted by atomic mass is 9.95. The molecule has 2 heterocycles. The number of hydrogen-bond acceptors (Lipinski definition) is 5. The standard InChI is InChI=1S/C24H24ClN3O3/c1-3-28-13-12-21-19(14-28)22(18-6-4-5-7-20(18)27-21)24(30)31-15(2)23(29)26-17-10-8-16(25)9-11-17/h4-11,15H,3,12-14H2,1-2H3,(H,26,29). The second-order valence-electron chi connectivity index (χ2n) is 7.59. The largest absolute Gasteiger partial charge is 0.449 e. The summed E-state index contributed by atoms with van der Waals surface area (Å²) in [6, 6.07) is 14.3. The normalized spacial score (nSPS) is 14.7. The molecule has 1 amide bonds. The van der Waals surface area contributed by atoms with E-state index in [1.165, 1.54) is 0 Å². The minimum atomic E-state index is -0.961. The van der Waals surface area contributed by atoms with Crippen LogP contribution in [0, 0.1) is 0 Å². The zero-order valence-electron chi connectivity index (χ0n) is 17.5. The van der Waals surface area contributed by atoms with Crippen molar-refractivity contribution >= 4 is 40.1 Å². The average molecular weight is 438 g/mol. The Hall–Kier alpha value is -2.96. The molecule has 0 saturated carbocycles. The Morgan fingerprint density at radius 1 is 1.19 bits per heavy atom. The van der Waals surface area contributed by atoms with Gasteiger partial charge in [-0.05, 0) is 43.8 Å². The minimum Gasteiger partial charge on any atom is -0.449 e. The van der Waals surface area contributed by atoms with Crippen LogP contribution in [0.5, 0.6) is 0 Å². The number of esters is 1. The molecule has 1 atom stereocenters. The highest BCUT2D eigenvalue weighted by atomic mass is 35.5. The predicted molar refractivity (Wildman–Crippen MR) is 121 cm³/mol. The molecule has 2 aromatic carbocycles. The highest BCUT2D eigenvalue weighted by Crippen LogP contribution is 2.29. The van der Waals surface area contributed by atoms with E-state index < -0.39 is 18.0 Å². The van der Waals surface area contributed by atoms with Crippen molar-refractivity contribution in [2.45, 2.75) is 32.9 Å². The third-order valence-corrected chi connectivity index (χ3v) is 5.79. The fraction of sp³-hybridized carbons (Fsp3) is 0.292. The molecule has 1 unspecified atom stereocenters. The number of aromatic nitrogens is 1. The van der Waals surface area contributed by atoms with E-state index in [1.807, 2.05) is 24.3 Å². The molecule has 1 N–H and O–H groups in total. The van der Waals surface area contributed by atoms with Crippen molar-refractivity contribution < 1.29 is 14.3 Å². The number of amides is 1. The monoisotopic (exact) mass is 437 g/mol. The lowest BCUT2D eigenvalue weighted by molar-refractivity contribution is -0.123. The zero-order valence-corrected chi connectivity index (χ0v) is 18.3. The summed E-state index contributed by atoms with van der Waals surface area (Å²) in [5.74, 6) is -0.912. The highest BCUT2D eigenvalue weighted by molar-refractivity contribution is 6.30. The van der Waals surface area contributed by atoms with E-state index >= 15 is 0 Å². The van der Waals surface area contributed by atoms with Crippen LogP contribution in [0.2, 0.25) is 5.02 Å². The maximum atomic E-state index is 13.3. The van der Waals surface area contributed by atoms with Gasteiger partial charge in [-0.2, -0.15) is 0 Å². The van der Waals surface area contributed by atoms with Gasteiger partial charge in [0.25, 0.3) is 5.91 Å². The van der Waals surface area contributed by atoms with Gasteiger partial charge in [0.05, 0.1) is 11.1 Å². The summed E-state index contributed by atoms with van der Waals surface area (Å²) in [4.78, 5) is 32.9. The Morgan fingerprint density at radius 3 is 2.68 bits per heavy atom. The van der Waals surface area contributed by atoms with Crippen LogP contribution >= 0.6 is 11.6 Å². The summed E-state index contributed by atoms with van der Waals surface area (Å²) in [5.41, 5.74) is 3.67. The Labute approximate surface area is 186 Å². The lowest BCUT2D eigenvalue weighted by Gasteiger charge is -2.29. The zero-order chi connectivity index (χ0) is 22.0. The molecule has 6 nitrogen and oxygen atoms in total. The minimum absolute atomic E-state index is 0.405. The van der Waals surface area contributed by atoms with E-state index in [9.17, 15) is 9.59 Å². The highest BCUT2D eigenvalue weighted by Gasteiger charge is 2.28. The van der Waals surface area contributed by atoms with Crippen LogP contribution in [-0.2, 0) is 22.5 Å².